The van der Waals surface area contributed by atoms with Crippen LogP contribution in [0.15, 0.2) is 275 Å². The Morgan fingerprint density at radius 2 is 1.11 bits per heavy atom. The van der Waals surface area contributed by atoms with Gasteiger partial charge in [-0.15, -0.1) is 34.9 Å². The van der Waals surface area contributed by atoms with Crippen LogP contribution >= 0.6 is 34.9 Å². The van der Waals surface area contributed by atoms with Gasteiger partial charge in [-0.3, -0.25) is 14.5 Å². The molecule has 0 aliphatic carbocycles. The minimum absolute atomic E-state index is 0.0870. The molecule has 2 atom stereocenters. The average molecular weight is 1150 g/mol. The molecule has 2 amide bonds. The Hall–Kier alpha value is -9.28. The van der Waals surface area contributed by atoms with Crippen LogP contribution in [0.5, 0.6) is 0 Å². The fraction of sp³-hybridized carbons (Fsp3) is 0.118. The van der Waals surface area contributed by atoms with Gasteiger partial charge < -0.3 is 24.9 Å². The third-order valence-electron chi connectivity index (χ3n) is 14.7. The number of rotatable bonds is 20. The summed E-state index contributed by atoms with van der Waals surface area (Å²) < 4.78 is 11.6. The molecule has 12 nitrogen and oxygen atoms in total. The first-order valence-corrected chi connectivity index (χ1v) is 29.8. The van der Waals surface area contributed by atoms with Crippen molar-refractivity contribution in [3.63, 3.8) is 0 Å². The number of fused-ring (bicyclic) bond motifs is 1. The highest BCUT2D eigenvalue weighted by Gasteiger charge is 2.55. The van der Waals surface area contributed by atoms with Gasteiger partial charge in [0.15, 0.2) is 16.9 Å². The zero-order chi connectivity index (χ0) is 56.6. The third-order valence-corrected chi connectivity index (χ3v) is 17.9. The number of hydrogen-bond acceptors (Lipinski definition) is 13. The van der Waals surface area contributed by atoms with E-state index in [0.29, 0.717) is 21.4 Å². The molecule has 8 aromatic carbocycles. The van der Waals surface area contributed by atoms with E-state index in [1.54, 1.807) is 5.38 Å². The molecule has 0 saturated carbocycles. The summed E-state index contributed by atoms with van der Waals surface area (Å²) in [5.74, 6) is -1.81. The maximum atomic E-state index is 15.6. The van der Waals surface area contributed by atoms with E-state index < -0.39 is 52.4 Å². The molecule has 410 valence electrons. The minimum Gasteiger partial charge on any atom is -0.457 e. The number of nitrogens with zero attached hydrogens (tertiary/aromatic N) is 3. The molecular weight excluding hydrogens is 1090 g/mol. The van der Waals surface area contributed by atoms with Gasteiger partial charge in [0.05, 0.1) is 0 Å². The van der Waals surface area contributed by atoms with Gasteiger partial charge in [0.2, 0.25) is 5.60 Å². The highest BCUT2D eigenvalue weighted by atomic mass is 32.2. The molecular formula is C68H53N5O7S3. The minimum atomic E-state index is -1.39. The summed E-state index contributed by atoms with van der Waals surface area (Å²) in [5.41, 5.74) is 4.94. The zero-order valence-electron chi connectivity index (χ0n) is 44.5. The molecule has 15 heteroatoms. The van der Waals surface area contributed by atoms with Crippen LogP contribution in [0.25, 0.3) is 0 Å². The lowest BCUT2D eigenvalue weighted by Gasteiger charge is -2.49. The van der Waals surface area contributed by atoms with Crippen LogP contribution < -0.4 is 10.6 Å². The molecule has 0 radical (unpaired) electrons. The van der Waals surface area contributed by atoms with Crippen LogP contribution in [0.2, 0.25) is 0 Å². The SMILES string of the molecule is O=C1C=C(SCC2=C(C(=O)OC(c3ccccc3)c3ccccc3)N3C(=O)[C@@H](NC(=O)C(=NOC(c4ccccc4)(c4ccccc4)c4ccccc4)c4csc(NC(c5ccccc5)(c5ccccc5)c5ccccc5)n4)[C@@H]3SC2)CO1. The van der Waals surface area contributed by atoms with Crippen LogP contribution in [0.3, 0.4) is 0 Å². The Kier molecular flexibility index (Phi) is 16.0. The zero-order valence-corrected chi connectivity index (χ0v) is 47.0. The maximum absolute atomic E-state index is 15.6. The first kappa shape index (κ1) is 54.3. The monoisotopic (exact) mass is 1150 g/mol. The molecule has 2 N–H and O–H groups in total. The van der Waals surface area contributed by atoms with Crippen molar-refractivity contribution < 1.29 is 33.5 Å². The Balaban J connectivity index is 0.931. The molecule has 0 bridgehead atoms. The summed E-state index contributed by atoms with van der Waals surface area (Å²) in [6.07, 6.45) is 0.627. The summed E-state index contributed by atoms with van der Waals surface area (Å²) in [6.45, 7) is 0.119. The second kappa shape index (κ2) is 24.4. The summed E-state index contributed by atoms with van der Waals surface area (Å²) in [7, 11) is 0. The molecule has 4 heterocycles. The van der Waals surface area contributed by atoms with Gasteiger partial charge in [0.1, 0.15) is 35.0 Å². The van der Waals surface area contributed by atoms with Crippen LogP contribution in [0, 0.1) is 0 Å². The number of benzene rings is 8. The van der Waals surface area contributed by atoms with Gasteiger partial charge in [0, 0.05) is 44.6 Å². The molecule has 12 rings (SSSR count). The summed E-state index contributed by atoms with van der Waals surface area (Å²) >= 11 is 4.07. The van der Waals surface area contributed by atoms with E-state index in [-0.39, 0.29) is 29.5 Å². The maximum Gasteiger partial charge on any atom is 0.356 e. The van der Waals surface area contributed by atoms with E-state index in [9.17, 15) is 14.4 Å². The first-order chi connectivity index (χ1) is 40.8. The number of amides is 2. The van der Waals surface area contributed by atoms with Crippen molar-refractivity contribution in [1.29, 1.82) is 0 Å². The molecule has 1 saturated heterocycles. The van der Waals surface area contributed by atoms with E-state index in [0.717, 1.165) is 44.5 Å². The molecule has 1 fully saturated rings. The lowest BCUT2D eigenvalue weighted by Crippen LogP contribution is -2.71. The standard InChI is InChI=1S/C68H53N5O7S3/c74-57-41-55(42-78-57)81-43-48-44-82-64-59(63(76)73(64)60(48)65(77)79-61(46-25-9-1-10-26-46)47-27-11-2-12-28-47)70-62(75)58(72-80-68(52-35-19-6-20-36-52,53-37-21-7-22-38-53)54-39-23-8-24-40-54)56-45-83-66(69-56)71-67(49-29-13-3-14-30-49,50-31-15-4-16-32-50)51-33-17-5-18-34-51/h1-41,45,59,61,64H,42-44H2,(H,69,71)(H,70,75)/t59-,64+/m1/s1. The number of thiazole rings is 1. The molecule has 3 aliphatic heterocycles. The van der Waals surface area contributed by atoms with Gasteiger partial charge in [-0.05, 0) is 33.4 Å². The van der Waals surface area contributed by atoms with Crippen molar-refractivity contribution in [2.24, 2.45) is 5.16 Å². The van der Waals surface area contributed by atoms with Crippen molar-refractivity contribution in [1.82, 2.24) is 15.2 Å². The summed E-state index contributed by atoms with van der Waals surface area (Å²) in [5, 5.41) is 13.3. The molecule has 1 aromatic heterocycles. The highest BCUT2D eigenvalue weighted by molar-refractivity contribution is 8.03. The van der Waals surface area contributed by atoms with E-state index in [1.807, 2.05) is 206 Å². The molecule has 0 unspecified atom stereocenters. The summed E-state index contributed by atoms with van der Waals surface area (Å²) in [4.78, 5) is 71.9. The second-order valence-electron chi connectivity index (χ2n) is 19.7. The Bertz CT molecular complexity index is 3620. The van der Waals surface area contributed by atoms with Gasteiger partial charge in [0.25, 0.3) is 11.8 Å². The van der Waals surface area contributed by atoms with Gasteiger partial charge in [-0.25, -0.2) is 14.6 Å². The molecule has 0 spiro atoms. The number of nitrogens with one attached hydrogen (secondary N) is 2. The number of ether oxygens (including phenoxy) is 2. The fourth-order valence-corrected chi connectivity index (χ4v) is 13.9. The number of anilines is 1. The number of thioether (sulfide) groups is 2. The second-order valence-corrected chi connectivity index (χ2v) is 22.8. The van der Waals surface area contributed by atoms with Crippen LogP contribution in [0.4, 0.5) is 5.13 Å². The van der Waals surface area contributed by atoms with Gasteiger partial charge in [-0.2, -0.15) is 0 Å². The normalized spacial score (nSPS) is 16.1. The van der Waals surface area contributed by atoms with E-state index in [4.69, 9.17) is 24.5 Å². The van der Waals surface area contributed by atoms with Crippen molar-refractivity contribution >= 4 is 69.5 Å². The topological polar surface area (TPSA) is 149 Å². The number of esters is 2. The number of oxime groups is 1. The van der Waals surface area contributed by atoms with Crippen LogP contribution in [-0.4, -0.2) is 68.9 Å². The largest absolute Gasteiger partial charge is 0.457 e. The number of aromatic nitrogens is 1. The molecule has 9 aromatic rings. The Morgan fingerprint density at radius 3 is 1.57 bits per heavy atom. The van der Waals surface area contributed by atoms with Crippen LogP contribution in [-0.2, 0) is 44.6 Å². The lowest BCUT2D eigenvalue weighted by molar-refractivity contribution is -0.154. The first-order valence-electron chi connectivity index (χ1n) is 26.9. The average Bonchev–Trinajstić information content (AvgIpc) is 4.15. The Morgan fingerprint density at radius 1 is 0.651 bits per heavy atom. The van der Waals surface area contributed by atoms with Crippen molar-refractivity contribution in [2.45, 2.75) is 28.7 Å². The van der Waals surface area contributed by atoms with E-state index in [2.05, 4.69) is 47.0 Å². The van der Waals surface area contributed by atoms with Gasteiger partial charge >= 0.3 is 11.9 Å². The number of β-lactam (4-membered cyclic amide) rings is 1. The smallest absolute Gasteiger partial charge is 0.356 e. The van der Waals surface area contributed by atoms with Crippen molar-refractivity contribution in [2.75, 3.05) is 23.4 Å². The van der Waals surface area contributed by atoms with E-state index in [1.165, 1.54) is 45.8 Å². The fourth-order valence-electron chi connectivity index (χ4n) is 10.7. The lowest BCUT2D eigenvalue weighted by atomic mass is 9.77. The number of carbonyl (C=O) groups excluding carboxylic acids is 4. The van der Waals surface area contributed by atoms with Gasteiger partial charge in [-0.1, -0.05) is 248 Å². The molecule has 3 aliphatic rings. The van der Waals surface area contributed by atoms with E-state index >= 15 is 4.79 Å². The Labute approximate surface area is 492 Å². The number of carbonyl (C=O) groups is 4. The van der Waals surface area contributed by atoms with Crippen molar-refractivity contribution in [3.05, 3.63) is 320 Å². The van der Waals surface area contributed by atoms with Crippen LogP contribution in [0.1, 0.15) is 56.3 Å². The quantitative estimate of drug-likeness (QED) is 0.0247. The number of hydrogen-bond donors (Lipinski definition) is 2. The number of cyclic esters (lactones) is 1. The predicted molar refractivity (Wildman–Crippen MR) is 326 cm³/mol. The highest BCUT2D eigenvalue weighted by Crippen LogP contribution is 2.45. The van der Waals surface area contributed by atoms with Crippen molar-refractivity contribution in [3.8, 4) is 0 Å². The predicted octanol–water partition coefficient (Wildman–Crippen LogP) is 12.4. The molecule has 83 heavy (non-hydrogen) atoms. The third kappa shape index (κ3) is 11.0. The summed E-state index contributed by atoms with van der Waals surface area (Å²) in [6, 6.07) is 77.2.